The van der Waals surface area contributed by atoms with E-state index >= 15 is 0 Å². The summed E-state index contributed by atoms with van der Waals surface area (Å²) < 4.78 is 1.80. The minimum Gasteiger partial charge on any atom is -0.275 e. The van der Waals surface area contributed by atoms with Crippen LogP contribution >= 0.6 is 0 Å². The second-order valence-electron chi connectivity index (χ2n) is 5.04. The number of hydrogen-bond acceptors (Lipinski definition) is 3. The van der Waals surface area contributed by atoms with Gasteiger partial charge in [0.25, 0.3) is 0 Å². The van der Waals surface area contributed by atoms with Crippen molar-refractivity contribution in [1.29, 1.82) is 0 Å². The molecule has 1 saturated carbocycles. The van der Waals surface area contributed by atoms with Crippen molar-refractivity contribution in [2.75, 3.05) is 0 Å². The van der Waals surface area contributed by atoms with E-state index in [9.17, 15) is 0 Å². The zero-order valence-corrected chi connectivity index (χ0v) is 10.7. The van der Waals surface area contributed by atoms with Crippen LogP contribution in [0, 0.1) is 0 Å². The van der Waals surface area contributed by atoms with Crippen LogP contribution in [-0.4, -0.2) is 19.7 Å². The first-order valence-corrected chi connectivity index (χ1v) is 6.65. The molecule has 0 aliphatic heterocycles. The second-order valence-corrected chi connectivity index (χ2v) is 5.04. The highest BCUT2D eigenvalue weighted by atomic mass is 15.2. The first-order chi connectivity index (χ1) is 8.83. The fraction of sp³-hybridized carbons (Fsp3) is 0.500. The maximum absolute atomic E-state index is 4.72. The monoisotopic (exact) mass is 242 g/mol. The molecule has 2 heterocycles. The van der Waals surface area contributed by atoms with E-state index in [1.54, 1.807) is 4.68 Å². The molecule has 4 nitrogen and oxygen atoms in total. The zero-order chi connectivity index (χ0) is 12.4. The van der Waals surface area contributed by atoms with Gasteiger partial charge < -0.3 is 0 Å². The minimum atomic E-state index is 0.551. The van der Waals surface area contributed by atoms with Crippen molar-refractivity contribution in [2.24, 2.45) is 7.05 Å². The second kappa shape index (κ2) is 4.88. The fourth-order valence-electron chi connectivity index (χ4n) is 2.65. The molecule has 0 aromatic carbocycles. The van der Waals surface area contributed by atoms with E-state index in [1.165, 1.54) is 32.1 Å². The van der Waals surface area contributed by atoms with Crippen LogP contribution in [0.25, 0.3) is 11.3 Å². The van der Waals surface area contributed by atoms with E-state index in [2.05, 4.69) is 10.1 Å². The lowest BCUT2D eigenvalue weighted by molar-refractivity contribution is 0.429. The molecule has 1 aliphatic rings. The molecule has 2 aromatic heterocycles. The van der Waals surface area contributed by atoms with E-state index in [0.717, 1.165) is 17.1 Å². The van der Waals surface area contributed by atoms with Crippen LogP contribution in [-0.2, 0) is 7.05 Å². The van der Waals surface area contributed by atoms with Crippen molar-refractivity contribution >= 4 is 0 Å². The molecule has 0 spiro atoms. The molecule has 4 heteroatoms. The van der Waals surface area contributed by atoms with Gasteiger partial charge in [0.2, 0.25) is 0 Å². The first kappa shape index (κ1) is 11.4. The first-order valence-electron chi connectivity index (χ1n) is 6.65. The van der Waals surface area contributed by atoms with Crippen LogP contribution in [0.5, 0.6) is 0 Å². The Labute approximate surface area is 107 Å². The number of hydrogen-bond donors (Lipinski definition) is 0. The minimum absolute atomic E-state index is 0.551. The van der Waals surface area contributed by atoms with Gasteiger partial charge in [-0.05, 0) is 18.9 Å². The van der Waals surface area contributed by atoms with Gasteiger partial charge in [-0.25, -0.2) is 9.97 Å². The molecule has 2 aromatic rings. The molecule has 0 saturated heterocycles. The van der Waals surface area contributed by atoms with Crippen LogP contribution in [0.4, 0.5) is 0 Å². The summed E-state index contributed by atoms with van der Waals surface area (Å²) in [5.74, 6) is 1.56. The van der Waals surface area contributed by atoms with Crippen LogP contribution in [0.2, 0.25) is 0 Å². The Hall–Kier alpha value is -1.71. The number of aryl methyl sites for hydroxylation is 1. The molecule has 0 unspecified atom stereocenters. The van der Waals surface area contributed by atoms with Crippen molar-refractivity contribution < 1.29 is 0 Å². The van der Waals surface area contributed by atoms with Crippen molar-refractivity contribution in [3.63, 3.8) is 0 Å². The van der Waals surface area contributed by atoms with E-state index in [-0.39, 0.29) is 0 Å². The Bertz CT molecular complexity index is 526. The zero-order valence-electron chi connectivity index (χ0n) is 10.7. The maximum atomic E-state index is 4.72. The van der Waals surface area contributed by atoms with Gasteiger partial charge in [0.1, 0.15) is 5.82 Å². The Balaban J connectivity index is 1.88. The van der Waals surface area contributed by atoms with Gasteiger partial charge in [0, 0.05) is 30.9 Å². The lowest BCUT2D eigenvalue weighted by Gasteiger charge is -2.20. The summed E-state index contributed by atoms with van der Waals surface area (Å²) in [6, 6.07) is 1.96. The topological polar surface area (TPSA) is 43.6 Å². The van der Waals surface area contributed by atoms with Crippen LogP contribution in [0.3, 0.4) is 0 Å². The Morgan fingerprint density at radius 2 is 2.06 bits per heavy atom. The van der Waals surface area contributed by atoms with Gasteiger partial charge in [-0.15, -0.1) is 0 Å². The third-order valence-corrected chi connectivity index (χ3v) is 3.65. The molecular weight excluding hydrogens is 224 g/mol. The van der Waals surface area contributed by atoms with Gasteiger partial charge >= 0.3 is 0 Å². The predicted molar refractivity (Wildman–Crippen MR) is 70.1 cm³/mol. The van der Waals surface area contributed by atoms with Crippen LogP contribution in [0.1, 0.15) is 43.8 Å². The lowest BCUT2D eigenvalue weighted by atomic mass is 9.88. The number of aromatic nitrogens is 4. The molecule has 1 fully saturated rings. The van der Waals surface area contributed by atoms with Gasteiger partial charge in [0.05, 0.1) is 11.9 Å². The molecular formula is C14H18N4. The average molecular weight is 242 g/mol. The standard InChI is InChI=1S/C14H18N4/c1-18-10-12(9-16-18)13-7-8-15-14(17-13)11-5-3-2-4-6-11/h7-11H,2-6H2,1H3. The molecule has 0 amide bonds. The number of nitrogens with zero attached hydrogens (tertiary/aromatic N) is 4. The summed E-state index contributed by atoms with van der Waals surface area (Å²) in [4.78, 5) is 9.17. The molecule has 94 valence electrons. The van der Waals surface area contributed by atoms with Crippen molar-refractivity contribution in [3.05, 3.63) is 30.5 Å². The van der Waals surface area contributed by atoms with Crippen molar-refractivity contribution in [3.8, 4) is 11.3 Å². The summed E-state index contributed by atoms with van der Waals surface area (Å²) in [6.07, 6.45) is 12.2. The smallest absolute Gasteiger partial charge is 0.132 e. The molecule has 1 aliphatic carbocycles. The third-order valence-electron chi connectivity index (χ3n) is 3.65. The summed E-state index contributed by atoms with van der Waals surface area (Å²) in [5, 5.41) is 4.19. The van der Waals surface area contributed by atoms with E-state index in [4.69, 9.17) is 4.98 Å². The molecule has 3 rings (SSSR count). The van der Waals surface area contributed by atoms with E-state index in [0.29, 0.717) is 5.92 Å². The quantitative estimate of drug-likeness (QED) is 0.813. The Morgan fingerprint density at radius 1 is 1.22 bits per heavy atom. The highest BCUT2D eigenvalue weighted by molar-refractivity contribution is 5.56. The summed E-state index contributed by atoms with van der Waals surface area (Å²) in [6.45, 7) is 0. The summed E-state index contributed by atoms with van der Waals surface area (Å²) >= 11 is 0. The highest BCUT2D eigenvalue weighted by Crippen LogP contribution is 2.31. The normalized spacial score (nSPS) is 16.9. The Kier molecular flexibility index (Phi) is 3.09. The third kappa shape index (κ3) is 2.28. The largest absolute Gasteiger partial charge is 0.275 e. The molecule has 0 N–H and O–H groups in total. The molecule has 0 bridgehead atoms. The molecule has 0 radical (unpaired) electrons. The van der Waals surface area contributed by atoms with Gasteiger partial charge in [-0.3, -0.25) is 4.68 Å². The van der Waals surface area contributed by atoms with Crippen LogP contribution < -0.4 is 0 Å². The van der Waals surface area contributed by atoms with Gasteiger partial charge in [-0.2, -0.15) is 5.10 Å². The highest BCUT2D eigenvalue weighted by Gasteiger charge is 2.18. The summed E-state index contributed by atoms with van der Waals surface area (Å²) in [7, 11) is 1.92. The van der Waals surface area contributed by atoms with Gasteiger partial charge in [-0.1, -0.05) is 19.3 Å². The SMILES string of the molecule is Cn1cc(-c2ccnc(C3CCCCC3)n2)cn1. The Morgan fingerprint density at radius 3 is 2.78 bits per heavy atom. The van der Waals surface area contributed by atoms with E-state index in [1.807, 2.05) is 31.7 Å². The summed E-state index contributed by atoms with van der Waals surface area (Å²) in [5.41, 5.74) is 2.05. The molecule has 18 heavy (non-hydrogen) atoms. The maximum Gasteiger partial charge on any atom is 0.132 e. The van der Waals surface area contributed by atoms with Crippen LogP contribution in [0.15, 0.2) is 24.7 Å². The fourth-order valence-corrected chi connectivity index (χ4v) is 2.65. The van der Waals surface area contributed by atoms with Gasteiger partial charge in [0.15, 0.2) is 0 Å². The van der Waals surface area contributed by atoms with E-state index < -0.39 is 0 Å². The van der Waals surface area contributed by atoms with Crippen molar-refractivity contribution in [1.82, 2.24) is 19.7 Å². The lowest BCUT2D eigenvalue weighted by Crippen LogP contribution is -2.08. The van der Waals surface area contributed by atoms with Crippen molar-refractivity contribution in [2.45, 2.75) is 38.0 Å². The number of rotatable bonds is 2. The predicted octanol–water partition coefficient (Wildman–Crippen LogP) is 2.92. The molecule has 0 atom stereocenters. The average Bonchev–Trinajstić information content (AvgIpc) is 2.87.